The summed E-state index contributed by atoms with van der Waals surface area (Å²) in [6.45, 7) is 4.27. The highest BCUT2D eigenvalue weighted by Crippen LogP contribution is 2.27. The maximum Gasteiger partial charge on any atom is 0.228 e. The van der Waals surface area contributed by atoms with Crippen LogP contribution >= 0.6 is 0 Å². The van der Waals surface area contributed by atoms with Crippen molar-refractivity contribution in [3.05, 3.63) is 54.8 Å². The minimum Gasteiger partial charge on any atom is -0.405 e. The number of allylic oxidation sites excluding steroid dienone is 4. The number of nitrogens with zero attached hydrogens (tertiary/aromatic N) is 1. The number of carbonyl (C=O) groups is 2. The van der Waals surface area contributed by atoms with Crippen molar-refractivity contribution in [2.45, 2.75) is 12.8 Å². The summed E-state index contributed by atoms with van der Waals surface area (Å²) in [7, 11) is 1.75. The molecule has 6 nitrogen and oxygen atoms in total. The predicted octanol–water partition coefficient (Wildman–Crippen LogP) is 2.12. The molecule has 0 spiro atoms. The monoisotopic (exact) mass is 340 g/mol. The molecule has 1 saturated heterocycles. The van der Waals surface area contributed by atoms with E-state index in [0.717, 1.165) is 11.1 Å². The number of benzene rings is 1. The van der Waals surface area contributed by atoms with Gasteiger partial charge in [0.05, 0.1) is 11.4 Å². The number of hydrogen-bond donors (Lipinski definition) is 3. The minimum atomic E-state index is -0.334. The van der Waals surface area contributed by atoms with Crippen molar-refractivity contribution in [3.63, 3.8) is 0 Å². The average molecular weight is 340 g/mol. The highest BCUT2D eigenvalue weighted by atomic mass is 16.2. The Morgan fingerprint density at radius 1 is 1.44 bits per heavy atom. The van der Waals surface area contributed by atoms with Gasteiger partial charge in [0, 0.05) is 25.9 Å². The molecule has 1 unspecified atom stereocenters. The molecule has 1 atom stereocenters. The molecule has 1 aliphatic rings. The first-order valence-corrected chi connectivity index (χ1v) is 8.12. The summed E-state index contributed by atoms with van der Waals surface area (Å²) in [4.78, 5) is 25.9. The SMILES string of the molecule is C=C/C=C(\C=C/N)c1ccc(N)c(NC(=O)C2CCN(C)C(=O)C2)c1. The van der Waals surface area contributed by atoms with E-state index in [4.69, 9.17) is 11.5 Å². The Kier molecular flexibility index (Phi) is 6.00. The molecule has 0 bridgehead atoms. The molecule has 1 aromatic carbocycles. The van der Waals surface area contributed by atoms with Gasteiger partial charge in [-0.1, -0.05) is 24.8 Å². The van der Waals surface area contributed by atoms with Crippen LogP contribution in [0.25, 0.3) is 5.57 Å². The van der Waals surface area contributed by atoms with Crippen molar-refractivity contribution < 1.29 is 9.59 Å². The molecule has 5 N–H and O–H groups in total. The number of carbonyl (C=O) groups excluding carboxylic acids is 2. The van der Waals surface area contributed by atoms with Gasteiger partial charge >= 0.3 is 0 Å². The molecule has 0 saturated carbocycles. The van der Waals surface area contributed by atoms with Gasteiger partial charge in [-0.3, -0.25) is 9.59 Å². The van der Waals surface area contributed by atoms with Gasteiger partial charge in [0.2, 0.25) is 11.8 Å². The van der Waals surface area contributed by atoms with E-state index in [1.54, 1.807) is 36.2 Å². The third kappa shape index (κ3) is 4.50. The number of nitrogens with two attached hydrogens (primary N) is 2. The van der Waals surface area contributed by atoms with Gasteiger partial charge in [-0.05, 0) is 42.0 Å². The lowest BCUT2D eigenvalue weighted by Gasteiger charge is -2.28. The number of anilines is 2. The lowest BCUT2D eigenvalue weighted by atomic mass is 9.95. The van der Waals surface area contributed by atoms with Gasteiger partial charge < -0.3 is 21.7 Å². The van der Waals surface area contributed by atoms with Crippen molar-refractivity contribution in [1.29, 1.82) is 0 Å². The maximum absolute atomic E-state index is 12.5. The molecule has 0 aliphatic carbocycles. The van der Waals surface area contributed by atoms with Crippen LogP contribution in [0, 0.1) is 5.92 Å². The molecule has 0 radical (unpaired) electrons. The van der Waals surface area contributed by atoms with Gasteiger partial charge in [0.15, 0.2) is 0 Å². The topological polar surface area (TPSA) is 101 Å². The van der Waals surface area contributed by atoms with E-state index in [1.165, 1.54) is 6.20 Å². The fraction of sp³-hybridized carbons (Fsp3) is 0.263. The Morgan fingerprint density at radius 3 is 2.84 bits per heavy atom. The Bertz CT molecular complexity index is 737. The van der Waals surface area contributed by atoms with E-state index in [2.05, 4.69) is 11.9 Å². The summed E-state index contributed by atoms with van der Waals surface area (Å²) in [5, 5.41) is 2.85. The van der Waals surface area contributed by atoms with Gasteiger partial charge in [-0.25, -0.2) is 0 Å². The van der Waals surface area contributed by atoms with Crippen molar-refractivity contribution in [2.24, 2.45) is 11.7 Å². The van der Waals surface area contributed by atoms with Crippen molar-refractivity contribution in [2.75, 3.05) is 24.6 Å². The lowest BCUT2D eigenvalue weighted by molar-refractivity contribution is -0.137. The molecule has 1 aliphatic heterocycles. The Morgan fingerprint density at radius 2 is 2.20 bits per heavy atom. The summed E-state index contributed by atoms with van der Waals surface area (Å²) in [5.41, 5.74) is 14.2. The molecule has 1 aromatic rings. The number of amides is 2. The normalized spacial score (nSPS) is 18.4. The van der Waals surface area contributed by atoms with Crippen LogP contribution in [-0.2, 0) is 9.59 Å². The molecule has 1 fully saturated rings. The highest BCUT2D eigenvalue weighted by molar-refractivity contribution is 5.98. The third-order valence-corrected chi connectivity index (χ3v) is 4.25. The van der Waals surface area contributed by atoms with Crippen LogP contribution in [-0.4, -0.2) is 30.3 Å². The van der Waals surface area contributed by atoms with E-state index in [-0.39, 0.29) is 24.2 Å². The van der Waals surface area contributed by atoms with E-state index in [0.29, 0.717) is 24.3 Å². The lowest BCUT2D eigenvalue weighted by Crippen LogP contribution is -2.39. The second-order valence-electron chi connectivity index (χ2n) is 6.01. The first-order chi connectivity index (χ1) is 12.0. The molecule has 132 valence electrons. The summed E-state index contributed by atoms with van der Waals surface area (Å²) in [6, 6.07) is 5.37. The first kappa shape index (κ1) is 18.3. The second-order valence-corrected chi connectivity index (χ2v) is 6.01. The maximum atomic E-state index is 12.5. The van der Waals surface area contributed by atoms with Gasteiger partial charge in [-0.15, -0.1) is 0 Å². The highest BCUT2D eigenvalue weighted by Gasteiger charge is 2.28. The van der Waals surface area contributed by atoms with E-state index in [9.17, 15) is 9.59 Å². The third-order valence-electron chi connectivity index (χ3n) is 4.25. The zero-order chi connectivity index (χ0) is 18.4. The number of nitrogen functional groups attached to an aromatic ring is 1. The molecule has 1 heterocycles. The number of nitrogens with one attached hydrogen (secondary N) is 1. The number of piperidine rings is 1. The van der Waals surface area contributed by atoms with Crippen LogP contribution in [0.5, 0.6) is 0 Å². The molecule has 0 aromatic heterocycles. The van der Waals surface area contributed by atoms with Gasteiger partial charge in [0.1, 0.15) is 0 Å². The first-order valence-electron chi connectivity index (χ1n) is 8.12. The smallest absolute Gasteiger partial charge is 0.228 e. The molecule has 2 amide bonds. The predicted molar refractivity (Wildman–Crippen MR) is 101 cm³/mol. The zero-order valence-electron chi connectivity index (χ0n) is 14.4. The minimum absolute atomic E-state index is 0.0163. The van der Waals surface area contributed by atoms with Crippen molar-refractivity contribution in [1.82, 2.24) is 4.90 Å². The van der Waals surface area contributed by atoms with E-state index < -0.39 is 0 Å². The number of likely N-dealkylation sites (tertiary alicyclic amines) is 1. The average Bonchev–Trinajstić information content (AvgIpc) is 2.59. The fourth-order valence-electron chi connectivity index (χ4n) is 2.72. The number of rotatable bonds is 5. The fourth-order valence-corrected chi connectivity index (χ4v) is 2.72. The van der Waals surface area contributed by atoms with Crippen LogP contribution in [0.4, 0.5) is 11.4 Å². The van der Waals surface area contributed by atoms with Crippen LogP contribution < -0.4 is 16.8 Å². The van der Waals surface area contributed by atoms with E-state index in [1.807, 2.05) is 12.1 Å². The Labute approximate surface area is 147 Å². The molecule has 6 heteroatoms. The quantitative estimate of drug-likeness (QED) is 0.564. The van der Waals surface area contributed by atoms with Gasteiger partial charge in [0.25, 0.3) is 0 Å². The summed E-state index contributed by atoms with van der Waals surface area (Å²) >= 11 is 0. The summed E-state index contributed by atoms with van der Waals surface area (Å²) < 4.78 is 0. The van der Waals surface area contributed by atoms with Crippen molar-refractivity contribution in [3.8, 4) is 0 Å². The van der Waals surface area contributed by atoms with Crippen molar-refractivity contribution >= 4 is 28.8 Å². The molecular weight excluding hydrogens is 316 g/mol. The van der Waals surface area contributed by atoms with E-state index >= 15 is 0 Å². The molecular formula is C19H24N4O2. The number of hydrogen-bond acceptors (Lipinski definition) is 4. The molecule has 25 heavy (non-hydrogen) atoms. The van der Waals surface area contributed by atoms with Crippen LogP contribution in [0.2, 0.25) is 0 Å². The summed E-state index contributed by atoms with van der Waals surface area (Å²) in [5.74, 6) is -0.537. The van der Waals surface area contributed by atoms with Crippen LogP contribution in [0.3, 0.4) is 0 Å². The standard InChI is InChI=1S/C19H24N4O2/c1-3-4-13(7-9-20)14-5-6-16(21)17(11-14)22-19(25)15-8-10-23(2)18(24)12-15/h3-7,9,11,15H,1,8,10,12,20-21H2,2H3,(H,22,25)/b9-7-,13-4+. The Hall–Kier alpha value is -3.02. The second kappa shape index (κ2) is 8.19. The molecule has 2 rings (SSSR count). The van der Waals surface area contributed by atoms with Crippen LogP contribution in [0.1, 0.15) is 18.4 Å². The largest absolute Gasteiger partial charge is 0.405 e. The Balaban J connectivity index is 2.20. The summed E-state index contributed by atoms with van der Waals surface area (Å²) in [6.07, 6.45) is 7.53. The zero-order valence-corrected chi connectivity index (χ0v) is 14.4. The van der Waals surface area contributed by atoms with Crippen LogP contribution in [0.15, 0.2) is 49.2 Å². The van der Waals surface area contributed by atoms with Gasteiger partial charge in [-0.2, -0.15) is 0 Å².